The largest absolute Gasteiger partial charge is 0.481 e. The van der Waals surface area contributed by atoms with Crippen LogP contribution in [0.5, 0.6) is 0 Å². The van der Waals surface area contributed by atoms with Crippen LogP contribution in [0.2, 0.25) is 0 Å². The molecule has 0 heterocycles. The Morgan fingerprint density at radius 3 is 2.57 bits per heavy atom. The molecule has 0 aliphatic heterocycles. The maximum atomic E-state index is 10.6. The van der Waals surface area contributed by atoms with E-state index in [1.54, 1.807) is 0 Å². The molecule has 0 saturated heterocycles. The van der Waals surface area contributed by atoms with Crippen LogP contribution in [0.1, 0.15) is 26.7 Å². The molecule has 3 N–H and O–H groups in total. The van der Waals surface area contributed by atoms with Crippen LogP contribution in [0, 0.1) is 11.8 Å². The summed E-state index contributed by atoms with van der Waals surface area (Å²) in [6, 6.07) is 0. The smallest absolute Gasteiger partial charge is 0.307 e. The lowest BCUT2D eigenvalue weighted by molar-refractivity contribution is -0.141. The van der Waals surface area contributed by atoms with Crippen molar-refractivity contribution in [3.05, 3.63) is 0 Å². The molecule has 0 fully saturated rings. The fourth-order valence-corrected chi connectivity index (χ4v) is 1.23. The van der Waals surface area contributed by atoms with Crippen molar-refractivity contribution in [2.24, 2.45) is 17.6 Å². The van der Waals surface area contributed by atoms with Gasteiger partial charge in [-0.2, -0.15) is 0 Å². The minimum atomic E-state index is -0.795. The monoisotopic (exact) mass is 203 g/mol. The molecule has 0 spiro atoms. The zero-order chi connectivity index (χ0) is 11.0. The predicted molar refractivity (Wildman–Crippen MR) is 55.1 cm³/mol. The molecule has 2 unspecified atom stereocenters. The molecule has 0 aliphatic rings. The third-order valence-electron chi connectivity index (χ3n) is 2.25. The predicted octanol–water partition coefficient (Wildman–Crippen LogP) is 1.10. The summed E-state index contributed by atoms with van der Waals surface area (Å²) in [5.41, 5.74) is 5.35. The maximum Gasteiger partial charge on any atom is 0.307 e. The van der Waals surface area contributed by atoms with E-state index >= 15 is 0 Å². The highest BCUT2D eigenvalue weighted by Gasteiger charge is 2.16. The van der Waals surface area contributed by atoms with Gasteiger partial charge in [-0.25, -0.2) is 0 Å². The number of nitrogens with two attached hydrogens (primary N) is 1. The van der Waals surface area contributed by atoms with E-state index in [1.807, 2.05) is 6.92 Å². The quantitative estimate of drug-likeness (QED) is 0.619. The Morgan fingerprint density at radius 1 is 1.50 bits per heavy atom. The molecule has 0 radical (unpaired) electrons. The van der Waals surface area contributed by atoms with Crippen LogP contribution in [0.15, 0.2) is 0 Å². The highest BCUT2D eigenvalue weighted by atomic mass is 16.5. The summed E-state index contributed by atoms with van der Waals surface area (Å²) < 4.78 is 5.24. The lowest BCUT2D eigenvalue weighted by Gasteiger charge is -2.14. The molecular weight excluding hydrogens is 182 g/mol. The minimum Gasteiger partial charge on any atom is -0.481 e. The second-order valence-electron chi connectivity index (χ2n) is 3.61. The van der Waals surface area contributed by atoms with Gasteiger partial charge in [-0.3, -0.25) is 4.79 Å². The summed E-state index contributed by atoms with van der Waals surface area (Å²) in [5.74, 6) is -0.793. The van der Waals surface area contributed by atoms with E-state index in [-0.39, 0.29) is 6.54 Å². The summed E-state index contributed by atoms with van der Waals surface area (Å²) in [4.78, 5) is 10.6. The normalized spacial score (nSPS) is 15.1. The van der Waals surface area contributed by atoms with Crippen molar-refractivity contribution in [2.45, 2.75) is 26.7 Å². The van der Waals surface area contributed by atoms with E-state index in [9.17, 15) is 4.79 Å². The van der Waals surface area contributed by atoms with Gasteiger partial charge in [0.05, 0.1) is 5.92 Å². The zero-order valence-electron chi connectivity index (χ0n) is 9.03. The first kappa shape index (κ1) is 13.4. The highest BCUT2D eigenvalue weighted by molar-refractivity contribution is 5.70. The van der Waals surface area contributed by atoms with Gasteiger partial charge in [-0.15, -0.1) is 0 Å². The number of hydrogen-bond donors (Lipinski definition) is 2. The van der Waals surface area contributed by atoms with Gasteiger partial charge >= 0.3 is 5.97 Å². The second-order valence-corrected chi connectivity index (χ2v) is 3.61. The average molecular weight is 203 g/mol. The summed E-state index contributed by atoms with van der Waals surface area (Å²) in [5, 5.41) is 8.75. The Bertz CT molecular complexity index is 161. The van der Waals surface area contributed by atoms with Gasteiger partial charge in [-0.05, 0) is 25.7 Å². The fourth-order valence-electron chi connectivity index (χ4n) is 1.23. The lowest BCUT2D eigenvalue weighted by atomic mass is 9.97. The highest BCUT2D eigenvalue weighted by Crippen LogP contribution is 2.12. The standard InChI is InChI=1S/C10H21NO3/c1-3-14-7-8(2)4-5-9(6-11)10(12)13/h8-9H,3-7,11H2,1-2H3,(H,12,13). The Hall–Kier alpha value is -0.610. The number of carbonyl (C=O) groups is 1. The summed E-state index contributed by atoms with van der Waals surface area (Å²) in [7, 11) is 0. The van der Waals surface area contributed by atoms with E-state index in [0.717, 1.165) is 6.42 Å². The van der Waals surface area contributed by atoms with Gasteiger partial charge in [0.2, 0.25) is 0 Å². The number of hydrogen-bond acceptors (Lipinski definition) is 3. The molecular formula is C10H21NO3. The first-order valence-corrected chi connectivity index (χ1v) is 5.12. The number of ether oxygens (including phenoxy) is 1. The van der Waals surface area contributed by atoms with Crippen molar-refractivity contribution in [2.75, 3.05) is 19.8 Å². The summed E-state index contributed by atoms with van der Waals surface area (Å²) in [6.07, 6.45) is 1.49. The molecule has 0 aromatic carbocycles. The number of aliphatic carboxylic acids is 1. The summed E-state index contributed by atoms with van der Waals surface area (Å²) >= 11 is 0. The number of carboxylic acids is 1. The van der Waals surface area contributed by atoms with Crippen LogP contribution in [-0.2, 0) is 9.53 Å². The molecule has 2 atom stereocenters. The fraction of sp³-hybridized carbons (Fsp3) is 0.900. The van der Waals surface area contributed by atoms with Crippen molar-refractivity contribution >= 4 is 5.97 Å². The topological polar surface area (TPSA) is 72.5 Å². The number of carboxylic acid groups (broad SMARTS) is 1. The van der Waals surface area contributed by atoms with Gasteiger partial charge in [0, 0.05) is 19.8 Å². The van der Waals surface area contributed by atoms with Crippen molar-refractivity contribution in [3.8, 4) is 0 Å². The van der Waals surface area contributed by atoms with Crippen LogP contribution >= 0.6 is 0 Å². The Labute approximate surface area is 85.4 Å². The van der Waals surface area contributed by atoms with Crippen LogP contribution in [0.4, 0.5) is 0 Å². The van der Waals surface area contributed by atoms with Gasteiger partial charge in [0.25, 0.3) is 0 Å². The van der Waals surface area contributed by atoms with Crippen LogP contribution in [0.25, 0.3) is 0 Å². The van der Waals surface area contributed by atoms with Gasteiger partial charge in [0.1, 0.15) is 0 Å². The molecule has 0 rings (SSSR count). The average Bonchev–Trinajstić information content (AvgIpc) is 2.15. The van der Waals surface area contributed by atoms with Crippen molar-refractivity contribution in [1.82, 2.24) is 0 Å². The van der Waals surface area contributed by atoms with Crippen molar-refractivity contribution in [1.29, 1.82) is 0 Å². The molecule has 14 heavy (non-hydrogen) atoms. The molecule has 0 bridgehead atoms. The molecule has 84 valence electrons. The number of rotatable bonds is 8. The Morgan fingerprint density at radius 2 is 2.14 bits per heavy atom. The van der Waals surface area contributed by atoms with E-state index in [2.05, 4.69) is 6.92 Å². The lowest BCUT2D eigenvalue weighted by Crippen LogP contribution is -2.24. The van der Waals surface area contributed by atoms with Crippen molar-refractivity contribution < 1.29 is 14.6 Å². The van der Waals surface area contributed by atoms with E-state index in [4.69, 9.17) is 15.6 Å². The first-order valence-electron chi connectivity index (χ1n) is 5.12. The Kier molecular flexibility index (Phi) is 7.42. The molecule has 0 aliphatic carbocycles. The van der Waals surface area contributed by atoms with Crippen LogP contribution in [0.3, 0.4) is 0 Å². The first-order chi connectivity index (χ1) is 6.61. The second kappa shape index (κ2) is 7.76. The molecule has 0 aromatic rings. The van der Waals surface area contributed by atoms with E-state index < -0.39 is 11.9 Å². The molecule has 0 amide bonds. The van der Waals surface area contributed by atoms with Crippen molar-refractivity contribution in [3.63, 3.8) is 0 Å². The van der Waals surface area contributed by atoms with Gasteiger partial charge in [-0.1, -0.05) is 6.92 Å². The SMILES string of the molecule is CCOCC(C)CCC(CN)C(=O)O. The third kappa shape index (κ3) is 5.94. The molecule has 4 nitrogen and oxygen atoms in total. The van der Waals surface area contributed by atoms with Crippen LogP contribution in [-0.4, -0.2) is 30.8 Å². The van der Waals surface area contributed by atoms with Crippen LogP contribution < -0.4 is 5.73 Å². The summed E-state index contributed by atoms with van der Waals surface area (Å²) in [6.45, 7) is 5.64. The van der Waals surface area contributed by atoms with E-state index in [1.165, 1.54) is 0 Å². The van der Waals surface area contributed by atoms with Gasteiger partial charge < -0.3 is 15.6 Å². The molecule has 0 saturated carbocycles. The Balaban J connectivity index is 3.62. The minimum absolute atomic E-state index is 0.219. The maximum absolute atomic E-state index is 10.6. The molecule has 0 aromatic heterocycles. The van der Waals surface area contributed by atoms with E-state index in [0.29, 0.717) is 25.6 Å². The molecule has 4 heteroatoms. The third-order valence-corrected chi connectivity index (χ3v) is 2.25. The zero-order valence-corrected chi connectivity index (χ0v) is 9.03. The van der Waals surface area contributed by atoms with Gasteiger partial charge in [0.15, 0.2) is 0 Å².